The van der Waals surface area contributed by atoms with E-state index < -0.39 is 5.97 Å². The van der Waals surface area contributed by atoms with Crippen molar-refractivity contribution in [2.75, 3.05) is 38.2 Å². The Morgan fingerprint density at radius 1 is 1.42 bits per heavy atom. The molecule has 0 spiro atoms. The molecule has 0 amide bonds. The van der Waals surface area contributed by atoms with Gasteiger partial charge in [-0.25, -0.2) is 14.8 Å². The molecule has 1 aliphatic heterocycles. The molecule has 0 aromatic carbocycles. The van der Waals surface area contributed by atoms with Crippen LogP contribution in [0, 0.1) is 0 Å². The number of aromatic carboxylic acids is 1. The Labute approximate surface area is 140 Å². The lowest BCUT2D eigenvalue weighted by Gasteiger charge is -2.26. The van der Waals surface area contributed by atoms with E-state index in [1.165, 1.54) is 6.33 Å². The molecule has 1 aliphatic carbocycles. The predicted octanol–water partition coefficient (Wildman–Crippen LogP) is 1.36. The van der Waals surface area contributed by atoms with Crippen LogP contribution in [0.3, 0.4) is 0 Å². The van der Waals surface area contributed by atoms with Crippen molar-refractivity contribution in [3.8, 4) is 5.88 Å². The van der Waals surface area contributed by atoms with Gasteiger partial charge >= 0.3 is 5.97 Å². The molecule has 0 bridgehead atoms. The average molecular weight is 334 g/mol. The first-order chi connectivity index (χ1) is 11.6. The zero-order valence-electron chi connectivity index (χ0n) is 13.5. The van der Waals surface area contributed by atoms with Crippen LogP contribution >= 0.6 is 0 Å². The molecule has 3 rings (SSSR count). The average Bonchev–Trinajstić information content (AvgIpc) is 3.38. The SMILES string of the molecule is C=C(CCN1CCOCC1)Nc1ncnc(OC2CC2)c1C(=O)O. The summed E-state index contributed by atoms with van der Waals surface area (Å²) in [7, 11) is 0. The van der Waals surface area contributed by atoms with Crippen LogP contribution in [0.5, 0.6) is 5.88 Å². The number of rotatable bonds is 8. The van der Waals surface area contributed by atoms with Crippen molar-refractivity contribution in [1.29, 1.82) is 0 Å². The minimum absolute atomic E-state index is 0.0445. The largest absolute Gasteiger partial charge is 0.477 e. The third-order valence-corrected chi connectivity index (χ3v) is 3.96. The number of nitrogens with one attached hydrogen (secondary N) is 1. The van der Waals surface area contributed by atoms with Gasteiger partial charge in [-0.3, -0.25) is 4.90 Å². The normalized spacial score (nSPS) is 18.2. The minimum atomic E-state index is -1.12. The monoisotopic (exact) mass is 334 g/mol. The highest BCUT2D eigenvalue weighted by Gasteiger charge is 2.28. The fraction of sp³-hybridized carbons (Fsp3) is 0.562. The first-order valence-electron chi connectivity index (χ1n) is 8.13. The van der Waals surface area contributed by atoms with Crippen LogP contribution in [0.15, 0.2) is 18.6 Å². The smallest absolute Gasteiger partial charge is 0.345 e. The second-order valence-corrected chi connectivity index (χ2v) is 5.96. The van der Waals surface area contributed by atoms with Crippen molar-refractivity contribution in [2.45, 2.75) is 25.4 Å². The van der Waals surface area contributed by atoms with Gasteiger partial charge in [0.2, 0.25) is 5.88 Å². The number of carboxylic acid groups (broad SMARTS) is 1. The van der Waals surface area contributed by atoms with Crippen molar-refractivity contribution in [3.63, 3.8) is 0 Å². The molecule has 2 heterocycles. The van der Waals surface area contributed by atoms with E-state index in [-0.39, 0.29) is 23.4 Å². The molecule has 1 aromatic heterocycles. The number of hydrogen-bond donors (Lipinski definition) is 2. The van der Waals surface area contributed by atoms with E-state index in [1.807, 2.05) is 0 Å². The van der Waals surface area contributed by atoms with Crippen LogP contribution in [0.1, 0.15) is 29.6 Å². The second-order valence-electron chi connectivity index (χ2n) is 5.96. The highest BCUT2D eigenvalue weighted by molar-refractivity contribution is 5.95. The zero-order valence-corrected chi connectivity index (χ0v) is 13.5. The number of carbonyl (C=O) groups is 1. The standard InChI is InChI=1S/C16H22N4O4/c1-11(4-5-20-6-8-23-9-7-20)19-14-13(16(21)22)15(18-10-17-14)24-12-2-3-12/h10,12H,1-9H2,(H,21,22)(H,17,18,19). The fourth-order valence-corrected chi connectivity index (χ4v) is 2.44. The summed E-state index contributed by atoms with van der Waals surface area (Å²) in [4.78, 5) is 21.9. The topological polar surface area (TPSA) is 96.8 Å². The lowest BCUT2D eigenvalue weighted by Crippen LogP contribution is -2.37. The van der Waals surface area contributed by atoms with Crippen LogP contribution in [0.2, 0.25) is 0 Å². The molecule has 130 valence electrons. The summed E-state index contributed by atoms with van der Waals surface area (Å²) < 4.78 is 10.9. The van der Waals surface area contributed by atoms with Crippen LogP contribution < -0.4 is 10.1 Å². The fourth-order valence-electron chi connectivity index (χ4n) is 2.44. The van der Waals surface area contributed by atoms with Crippen LogP contribution in [-0.4, -0.2) is 64.9 Å². The molecule has 8 nitrogen and oxygen atoms in total. The molecule has 1 aromatic rings. The van der Waals surface area contributed by atoms with Crippen molar-refractivity contribution in [3.05, 3.63) is 24.2 Å². The second kappa shape index (κ2) is 7.59. The molecule has 0 atom stereocenters. The summed E-state index contributed by atoms with van der Waals surface area (Å²) in [6.07, 6.45) is 3.93. The summed E-state index contributed by atoms with van der Waals surface area (Å²) in [5, 5.41) is 12.5. The molecule has 0 radical (unpaired) electrons. The minimum Gasteiger partial charge on any atom is -0.477 e. The number of ether oxygens (including phenoxy) is 2. The molecule has 2 fully saturated rings. The Balaban J connectivity index is 1.62. The number of anilines is 1. The van der Waals surface area contributed by atoms with Gasteiger partial charge < -0.3 is 19.9 Å². The zero-order chi connectivity index (χ0) is 16.9. The maximum Gasteiger partial charge on any atom is 0.345 e. The molecule has 1 saturated heterocycles. The number of nitrogens with zero attached hydrogens (tertiary/aromatic N) is 3. The maximum absolute atomic E-state index is 11.6. The van der Waals surface area contributed by atoms with Gasteiger partial charge in [-0.15, -0.1) is 0 Å². The third-order valence-electron chi connectivity index (χ3n) is 3.96. The first kappa shape index (κ1) is 16.7. The van der Waals surface area contributed by atoms with E-state index in [0.29, 0.717) is 12.1 Å². The van der Waals surface area contributed by atoms with Gasteiger partial charge in [-0.05, 0) is 19.3 Å². The van der Waals surface area contributed by atoms with Gasteiger partial charge in [0.1, 0.15) is 12.4 Å². The number of hydrogen-bond acceptors (Lipinski definition) is 7. The lowest BCUT2D eigenvalue weighted by molar-refractivity contribution is 0.0385. The molecular weight excluding hydrogens is 312 g/mol. The molecular formula is C16H22N4O4. The van der Waals surface area contributed by atoms with Gasteiger partial charge in [0, 0.05) is 25.3 Å². The van der Waals surface area contributed by atoms with Crippen molar-refractivity contribution >= 4 is 11.8 Å². The van der Waals surface area contributed by atoms with E-state index in [2.05, 4.69) is 26.8 Å². The van der Waals surface area contributed by atoms with Gasteiger partial charge in [0.05, 0.1) is 13.2 Å². The Kier molecular flexibility index (Phi) is 5.27. The van der Waals surface area contributed by atoms with E-state index in [1.54, 1.807) is 0 Å². The quantitative estimate of drug-likeness (QED) is 0.736. The maximum atomic E-state index is 11.6. The Bertz CT molecular complexity index is 612. The van der Waals surface area contributed by atoms with Gasteiger partial charge in [-0.1, -0.05) is 6.58 Å². The van der Waals surface area contributed by atoms with Crippen LogP contribution in [0.4, 0.5) is 5.82 Å². The molecule has 1 saturated carbocycles. The molecule has 8 heteroatoms. The number of aromatic nitrogens is 2. The van der Waals surface area contributed by atoms with Crippen molar-refractivity contribution in [1.82, 2.24) is 14.9 Å². The molecule has 24 heavy (non-hydrogen) atoms. The third kappa shape index (κ3) is 4.42. The predicted molar refractivity (Wildman–Crippen MR) is 87.3 cm³/mol. The van der Waals surface area contributed by atoms with E-state index >= 15 is 0 Å². The van der Waals surface area contributed by atoms with Crippen LogP contribution in [-0.2, 0) is 4.74 Å². The van der Waals surface area contributed by atoms with Gasteiger partial charge in [-0.2, -0.15) is 0 Å². The van der Waals surface area contributed by atoms with Gasteiger partial charge in [0.25, 0.3) is 0 Å². The molecule has 2 aliphatic rings. The van der Waals surface area contributed by atoms with Gasteiger partial charge in [0.15, 0.2) is 11.4 Å². The molecule has 2 N–H and O–H groups in total. The summed E-state index contributed by atoms with van der Waals surface area (Å²) in [5.41, 5.74) is 0.664. The lowest BCUT2D eigenvalue weighted by atomic mass is 10.2. The van der Waals surface area contributed by atoms with Crippen molar-refractivity contribution < 1.29 is 19.4 Å². The highest BCUT2D eigenvalue weighted by atomic mass is 16.5. The molecule has 0 unspecified atom stereocenters. The van der Waals surface area contributed by atoms with Crippen LogP contribution in [0.25, 0.3) is 0 Å². The Morgan fingerprint density at radius 2 is 2.17 bits per heavy atom. The Hall–Kier alpha value is -2.19. The first-order valence-corrected chi connectivity index (χ1v) is 8.13. The summed E-state index contributed by atoms with van der Waals surface area (Å²) >= 11 is 0. The summed E-state index contributed by atoms with van der Waals surface area (Å²) in [6, 6.07) is 0. The van der Waals surface area contributed by atoms with E-state index in [0.717, 1.165) is 45.7 Å². The number of morpholine rings is 1. The summed E-state index contributed by atoms with van der Waals surface area (Å²) in [6.45, 7) is 8.12. The van der Waals surface area contributed by atoms with E-state index in [9.17, 15) is 9.90 Å². The van der Waals surface area contributed by atoms with Crippen molar-refractivity contribution in [2.24, 2.45) is 0 Å². The highest BCUT2D eigenvalue weighted by Crippen LogP contribution is 2.30. The summed E-state index contributed by atoms with van der Waals surface area (Å²) in [5.74, 6) is -0.779. The Morgan fingerprint density at radius 3 is 2.83 bits per heavy atom. The van der Waals surface area contributed by atoms with E-state index in [4.69, 9.17) is 9.47 Å². The number of carboxylic acids is 1.